The maximum atomic E-state index is 12.1. The molecule has 1 aromatic heterocycles. The fourth-order valence-corrected chi connectivity index (χ4v) is 2.87. The zero-order valence-corrected chi connectivity index (χ0v) is 12.4. The van der Waals surface area contributed by atoms with E-state index < -0.39 is 0 Å². The zero-order valence-electron chi connectivity index (χ0n) is 10.2. The second-order valence-electron chi connectivity index (χ2n) is 4.71. The van der Waals surface area contributed by atoms with Crippen molar-refractivity contribution in [3.05, 3.63) is 21.5 Å². The molecule has 1 fully saturated rings. The Morgan fingerprint density at radius 3 is 2.59 bits per heavy atom. The van der Waals surface area contributed by atoms with Crippen LogP contribution in [0.25, 0.3) is 0 Å². The number of nitrogens with one attached hydrogen (secondary N) is 1. The van der Waals surface area contributed by atoms with Crippen molar-refractivity contribution < 1.29 is 4.79 Å². The highest BCUT2D eigenvalue weighted by Gasteiger charge is 2.20. The molecule has 17 heavy (non-hydrogen) atoms. The smallest absolute Gasteiger partial charge is 0.268 e. The van der Waals surface area contributed by atoms with Gasteiger partial charge in [0.2, 0.25) is 0 Å². The third-order valence-corrected chi connectivity index (χ3v) is 3.85. The summed E-state index contributed by atoms with van der Waals surface area (Å²) in [6.45, 7) is 2.13. The van der Waals surface area contributed by atoms with Gasteiger partial charge in [-0.1, -0.05) is 0 Å². The zero-order chi connectivity index (χ0) is 12.4. The van der Waals surface area contributed by atoms with Crippen LogP contribution >= 0.6 is 22.6 Å². The molecule has 0 bridgehead atoms. The van der Waals surface area contributed by atoms with Crippen molar-refractivity contribution in [2.24, 2.45) is 7.05 Å². The normalized spacial score (nSPS) is 18.3. The van der Waals surface area contributed by atoms with Crippen LogP contribution in [0.1, 0.15) is 23.3 Å². The number of carbonyl (C=O) groups is 1. The number of likely N-dealkylation sites (tertiary alicyclic amines) is 1. The minimum Gasteiger partial charge on any atom is -0.348 e. The van der Waals surface area contributed by atoms with Gasteiger partial charge in [0, 0.05) is 22.9 Å². The van der Waals surface area contributed by atoms with Crippen LogP contribution in [0.15, 0.2) is 12.3 Å². The van der Waals surface area contributed by atoms with Gasteiger partial charge in [0.15, 0.2) is 0 Å². The summed E-state index contributed by atoms with van der Waals surface area (Å²) in [7, 11) is 4.03. The SMILES string of the molecule is CN1CCC(NC(=O)c2cc(I)cn2C)CC1. The monoisotopic (exact) mass is 347 g/mol. The number of aryl methyl sites for hydroxylation is 1. The van der Waals surface area contributed by atoms with Crippen molar-refractivity contribution >= 4 is 28.5 Å². The molecule has 1 N–H and O–H groups in total. The van der Waals surface area contributed by atoms with Crippen molar-refractivity contribution in [2.45, 2.75) is 18.9 Å². The van der Waals surface area contributed by atoms with Crippen LogP contribution in [0.5, 0.6) is 0 Å². The molecule has 1 aromatic rings. The van der Waals surface area contributed by atoms with E-state index in [1.165, 1.54) is 0 Å². The second kappa shape index (κ2) is 5.39. The molecular weight excluding hydrogens is 329 g/mol. The molecule has 1 amide bonds. The molecule has 0 aromatic carbocycles. The Hall–Kier alpha value is -0.560. The molecular formula is C12H18IN3O. The summed E-state index contributed by atoms with van der Waals surface area (Å²) in [5, 5.41) is 3.12. The molecule has 0 atom stereocenters. The summed E-state index contributed by atoms with van der Waals surface area (Å²) in [5.41, 5.74) is 0.744. The molecule has 1 aliphatic rings. The summed E-state index contributed by atoms with van der Waals surface area (Å²) in [4.78, 5) is 14.4. The number of carbonyl (C=O) groups excluding carboxylic acids is 1. The Morgan fingerprint density at radius 2 is 2.06 bits per heavy atom. The molecule has 0 radical (unpaired) electrons. The Bertz CT molecular complexity index is 408. The van der Waals surface area contributed by atoms with E-state index in [1.807, 2.05) is 23.9 Å². The Labute approximate surface area is 115 Å². The van der Waals surface area contributed by atoms with E-state index in [1.54, 1.807) is 0 Å². The standard InChI is InChI=1S/C12H18IN3O/c1-15-5-3-10(4-6-15)14-12(17)11-7-9(13)8-16(11)2/h7-8,10H,3-6H2,1-2H3,(H,14,17). The maximum absolute atomic E-state index is 12.1. The fraction of sp³-hybridized carbons (Fsp3) is 0.583. The minimum atomic E-state index is 0.0463. The van der Waals surface area contributed by atoms with Crippen LogP contribution in [0.3, 0.4) is 0 Å². The van der Waals surface area contributed by atoms with Crippen LogP contribution in [-0.2, 0) is 7.05 Å². The minimum absolute atomic E-state index is 0.0463. The molecule has 1 saturated heterocycles. The van der Waals surface area contributed by atoms with E-state index in [0.29, 0.717) is 6.04 Å². The summed E-state index contributed by atoms with van der Waals surface area (Å²) < 4.78 is 2.98. The third-order valence-electron chi connectivity index (χ3n) is 3.26. The van der Waals surface area contributed by atoms with E-state index >= 15 is 0 Å². The number of aromatic nitrogens is 1. The van der Waals surface area contributed by atoms with E-state index in [-0.39, 0.29) is 5.91 Å². The fourth-order valence-electron chi connectivity index (χ4n) is 2.16. The molecule has 5 heteroatoms. The van der Waals surface area contributed by atoms with Gasteiger partial charge in [-0.15, -0.1) is 0 Å². The lowest BCUT2D eigenvalue weighted by Crippen LogP contribution is -2.43. The first-order valence-electron chi connectivity index (χ1n) is 5.87. The summed E-state index contributed by atoms with van der Waals surface area (Å²) in [6.07, 6.45) is 4.05. The van der Waals surface area contributed by atoms with Gasteiger partial charge in [0.25, 0.3) is 5.91 Å². The number of hydrogen-bond acceptors (Lipinski definition) is 2. The lowest BCUT2D eigenvalue weighted by atomic mass is 10.1. The van der Waals surface area contributed by atoms with Crippen molar-refractivity contribution in [2.75, 3.05) is 20.1 Å². The number of piperidine rings is 1. The highest BCUT2D eigenvalue weighted by Crippen LogP contribution is 2.12. The van der Waals surface area contributed by atoms with E-state index in [9.17, 15) is 4.79 Å². The highest BCUT2D eigenvalue weighted by molar-refractivity contribution is 14.1. The maximum Gasteiger partial charge on any atom is 0.268 e. The average Bonchev–Trinajstić information content (AvgIpc) is 2.61. The average molecular weight is 347 g/mol. The van der Waals surface area contributed by atoms with Gasteiger partial charge < -0.3 is 14.8 Å². The van der Waals surface area contributed by atoms with Crippen molar-refractivity contribution in [3.8, 4) is 0 Å². The van der Waals surface area contributed by atoms with Crippen LogP contribution in [0.4, 0.5) is 0 Å². The first-order chi connectivity index (χ1) is 8.06. The predicted octanol–water partition coefficient (Wildman–Crippen LogP) is 1.45. The number of amides is 1. The highest BCUT2D eigenvalue weighted by atomic mass is 127. The Kier molecular flexibility index (Phi) is 4.09. The van der Waals surface area contributed by atoms with E-state index in [2.05, 4.69) is 39.9 Å². The predicted molar refractivity (Wildman–Crippen MR) is 76.1 cm³/mol. The Balaban J connectivity index is 1.95. The van der Waals surface area contributed by atoms with Gasteiger partial charge in [-0.3, -0.25) is 4.79 Å². The van der Waals surface area contributed by atoms with Crippen LogP contribution in [-0.4, -0.2) is 41.6 Å². The summed E-state index contributed by atoms with van der Waals surface area (Å²) >= 11 is 2.23. The topological polar surface area (TPSA) is 37.3 Å². The van der Waals surface area contributed by atoms with Gasteiger partial charge in [-0.05, 0) is 61.6 Å². The lowest BCUT2D eigenvalue weighted by Gasteiger charge is -2.29. The molecule has 2 heterocycles. The summed E-state index contributed by atoms with van der Waals surface area (Å²) in [6, 6.07) is 2.25. The van der Waals surface area contributed by atoms with Crippen molar-refractivity contribution in [3.63, 3.8) is 0 Å². The number of rotatable bonds is 2. The molecule has 4 nitrogen and oxygen atoms in total. The van der Waals surface area contributed by atoms with E-state index in [4.69, 9.17) is 0 Å². The Morgan fingerprint density at radius 1 is 1.41 bits per heavy atom. The molecule has 94 valence electrons. The first-order valence-corrected chi connectivity index (χ1v) is 6.95. The van der Waals surface area contributed by atoms with Gasteiger partial charge in [-0.25, -0.2) is 0 Å². The molecule has 0 saturated carbocycles. The van der Waals surface area contributed by atoms with Gasteiger partial charge in [0.1, 0.15) is 5.69 Å². The molecule has 0 spiro atoms. The van der Waals surface area contributed by atoms with Crippen LogP contribution in [0.2, 0.25) is 0 Å². The van der Waals surface area contributed by atoms with Gasteiger partial charge in [-0.2, -0.15) is 0 Å². The summed E-state index contributed by atoms with van der Waals surface area (Å²) in [5.74, 6) is 0.0463. The first kappa shape index (κ1) is 12.9. The molecule has 1 aliphatic heterocycles. The van der Waals surface area contributed by atoms with Gasteiger partial charge in [0.05, 0.1) is 0 Å². The van der Waals surface area contributed by atoms with Crippen LogP contribution in [0, 0.1) is 3.57 Å². The van der Waals surface area contributed by atoms with Crippen molar-refractivity contribution in [1.29, 1.82) is 0 Å². The second-order valence-corrected chi connectivity index (χ2v) is 5.95. The quantitative estimate of drug-likeness (QED) is 0.823. The third kappa shape index (κ3) is 3.22. The number of hydrogen-bond donors (Lipinski definition) is 1. The van der Waals surface area contributed by atoms with Crippen LogP contribution < -0.4 is 5.32 Å². The lowest BCUT2D eigenvalue weighted by molar-refractivity contribution is 0.0908. The number of halogens is 1. The largest absolute Gasteiger partial charge is 0.348 e. The molecule has 0 unspecified atom stereocenters. The van der Waals surface area contributed by atoms with Crippen molar-refractivity contribution in [1.82, 2.24) is 14.8 Å². The molecule has 2 rings (SSSR count). The number of nitrogens with zero attached hydrogens (tertiary/aromatic N) is 2. The van der Waals surface area contributed by atoms with Gasteiger partial charge >= 0.3 is 0 Å². The van der Waals surface area contributed by atoms with E-state index in [0.717, 1.165) is 35.2 Å². The molecule has 0 aliphatic carbocycles.